The second-order valence-corrected chi connectivity index (χ2v) is 7.36. The highest BCUT2D eigenvalue weighted by atomic mass is 32.1. The van der Waals surface area contributed by atoms with E-state index in [2.05, 4.69) is 20.2 Å². The quantitative estimate of drug-likeness (QED) is 0.738. The van der Waals surface area contributed by atoms with Crippen LogP contribution < -0.4 is 10.2 Å². The number of anilines is 3. The Morgan fingerprint density at radius 2 is 2.15 bits per heavy atom. The highest BCUT2D eigenvalue weighted by Crippen LogP contribution is 2.32. The smallest absolute Gasteiger partial charge is 0.185 e. The molecule has 0 aliphatic carbocycles. The second kappa shape index (κ2) is 7.39. The first kappa shape index (κ1) is 16.9. The zero-order valence-corrected chi connectivity index (χ0v) is 15.7. The van der Waals surface area contributed by atoms with Crippen molar-refractivity contribution in [1.82, 2.24) is 15.0 Å². The molecule has 134 valence electrons. The van der Waals surface area contributed by atoms with Crippen LogP contribution in [0.25, 0.3) is 10.6 Å². The van der Waals surface area contributed by atoms with Crippen LogP contribution in [-0.4, -0.2) is 41.3 Å². The molecule has 3 aromatic rings. The molecule has 1 fully saturated rings. The van der Waals surface area contributed by atoms with Gasteiger partial charge in [0.25, 0.3) is 0 Å². The van der Waals surface area contributed by atoms with Crippen molar-refractivity contribution >= 4 is 28.1 Å². The minimum atomic E-state index is 0.301. The zero-order chi connectivity index (χ0) is 17.9. The first-order valence-corrected chi connectivity index (χ1v) is 9.43. The molecule has 4 heterocycles. The summed E-state index contributed by atoms with van der Waals surface area (Å²) in [5.74, 6) is 1.57. The Bertz CT molecular complexity index is 897. The minimum Gasteiger partial charge on any atom is -0.380 e. The summed E-state index contributed by atoms with van der Waals surface area (Å²) >= 11 is 1.67. The molecule has 1 aliphatic heterocycles. The maximum absolute atomic E-state index is 5.44. The van der Waals surface area contributed by atoms with E-state index in [0.717, 1.165) is 52.4 Å². The summed E-state index contributed by atoms with van der Waals surface area (Å²) in [5, 5.41) is 4.29. The Labute approximate surface area is 156 Å². The molecule has 0 saturated carbocycles. The Balaban J connectivity index is 1.52. The highest BCUT2D eigenvalue weighted by molar-refractivity contribution is 7.18. The van der Waals surface area contributed by atoms with E-state index in [-0.39, 0.29) is 0 Å². The maximum Gasteiger partial charge on any atom is 0.185 e. The van der Waals surface area contributed by atoms with Crippen molar-refractivity contribution in [1.29, 1.82) is 0 Å². The van der Waals surface area contributed by atoms with Gasteiger partial charge in [-0.1, -0.05) is 17.4 Å². The Morgan fingerprint density at radius 1 is 1.23 bits per heavy atom. The Morgan fingerprint density at radius 3 is 2.96 bits per heavy atom. The monoisotopic (exact) mass is 367 g/mol. The van der Waals surface area contributed by atoms with Gasteiger partial charge in [0.1, 0.15) is 11.6 Å². The van der Waals surface area contributed by atoms with Gasteiger partial charge in [0.15, 0.2) is 5.13 Å². The molecule has 0 bridgehead atoms. The number of methoxy groups -OCH3 is 1. The van der Waals surface area contributed by atoms with Crippen molar-refractivity contribution < 1.29 is 4.74 Å². The van der Waals surface area contributed by atoms with Gasteiger partial charge < -0.3 is 15.0 Å². The van der Waals surface area contributed by atoms with Crippen LogP contribution in [-0.2, 0) is 4.74 Å². The molecule has 26 heavy (non-hydrogen) atoms. The molecule has 1 saturated heterocycles. The maximum atomic E-state index is 5.44. The molecule has 7 heteroatoms. The van der Waals surface area contributed by atoms with Crippen LogP contribution in [0.3, 0.4) is 0 Å². The van der Waals surface area contributed by atoms with E-state index < -0.39 is 0 Å². The molecular weight excluding hydrogens is 346 g/mol. The van der Waals surface area contributed by atoms with E-state index in [9.17, 15) is 0 Å². The average Bonchev–Trinajstić information content (AvgIpc) is 3.31. The zero-order valence-electron chi connectivity index (χ0n) is 14.8. The van der Waals surface area contributed by atoms with Crippen molar-refractivity contribution in [2.24, 2.45) is 0 Å². The van der Waals surface area contributed by atoms with Crippen LogP contribution in [0.4, 0.5) is 16.8 Å². The molecule has 1 atom stereocenters. The molecule has 0 unspecified atom stereocenters. The molecule has 4 rings (SSSR count). The van der Waals surface area contributed by atoms with Gasteiger partial charge in [0, 0.05) is 32.6 Å². The van der Waals surface area contributed by atoms with Gasteiger partial charge >= 0.3 is 0 Å². The molecule has 6 nitrogen and oxygen atoms in total. The standard InChI is InChI=1S/C19H21N5OS/c1-13-6-8-20-18(10-13)23-17-5-3-4-15(22-17)16-11-21-19(26-16)24-9-7-14(12-24)25-2/h3-6,8,10-11,14H,7,9,12H2,1-2H3,(H,20,22,23)/t14-/m1/s1. The van der Waals surface area contributed by atoms with Gasteiger partial charge in [-0.15, -0.1) is 0 Å². The van der Waals surface area contributed by atoms with Crippen LogP contribution in [0.1, 0.15) is 12.0 Å². The van der Waals surface area contributed by atoms with Crippen LogP contribution in [0.15, 0.2) is 42.7 Å². The van der Waals surface area contributed by atoms with Crippen LogP contribution >= 0.6 is 11.3 Å². The van der Waals surface area contributed by atoms with Gasteiger partial charge in [-0.25, -0.2) is 15.0 Å². The molecule has 0 aromatic carbocycles. The summed E-state index contributed by atoms with van der Waals surface area (Å²) in [6.45, 7) is 3.93. The summed E-state index contributed by atoms with van der Waals surface area (Å²) in [6.07, 6.45) is 5.04. The Hall–Kier alpha value is -2.51. The third kappa shape index (κ3) is 3.68. The number of aromatic nitrogens is 3. The Kier molecular flexibility index (Phi) is 4.81. The fourth-order valence-electron chi connectivity index (χ4n) is 3.00. The summed E-state index contributed by atoms with van der Waals surface area (Å²) in [7, 11) is 1.77. The van der Waals surface area contributed by atoms with E-state index >= 15 is 0 Å². The summed E-state index contributed by atoms with van der Waals surface area (Å²) in [6, 6.07) is 9.92. The molecule has 0 spiro atoms. The van der Waals surface area contributed by atoms with Crippen LogP contribution in [0, 0.1) is 6.92 Å². The summed E-state index contributed by atoms with van der Waals surface area (Å²) in [5.41, 5.74) is 2.07. The normalized spacial score (nSPS) is 16.8. The number of ether oxygens (including phenoxy) is 1. The van der Waals surface area contributed by atoms with E-state index in [4.69, 9.17) is 9.72 Å². The lowest BCUT2D eigenvalue weighted by Crippen LogP contribution is -2.21. The molecule has 1 aliphatic rings. The number of aryl methyl sites for hydroxylation is 1. The van der Waals surface area contributed by atoms with Crippen molar-refractivity contribution in [3.63, 3.8) is 0 Å². The first-order chi connectivity index (χ1) is 12.7. The SMILES string of the molecule is CO[C@@H]1CCN(c2ncc(-c3cccc(Nc4cc(C)ccn4)n3)s2)C1. The van der Waals surface area contributed by atoms with E-state index in [1.165, 1.54) is 0 Å². The van der Waals surface area contributed by atoms with Crippen molar-refractivity contribution in [2.45, 2.75) is 19.4 Å². The van der Waals surface area contributed by atoms with Gasteiger partial charge in [-0.2, -0.15) is 0 Å². The molecular formula is C19H21N5OS. The van der Waals surface area contributed by atoms with Crippen molar-refractivity contribution in [2.75, 3.05) is 30.4 Å². The van der Waals surface area contributed by atoms with Crippen molar-refractivity contribution in [3.8, 4) is 10.6 Å². The van der Waals surface area contributed by atoms with Crippen LogP contribution in [0.2, 0.25) is 0 Å². The third-order valence-electron chi connectivity index (χ3n) is 4.42. The molecule has 0 radical (unpaired) electrons. The van der Waals surface area contributed by atoms with E-state index in [1.54, 1.807) is 24.6 Å². The lowest BCUT2D eigenvalue weighted by atomic mass is 10.3. The highest BCUT2D eigenvalue weighted by Gasteiger charge is 2.24. The number of thiazole rings is 1. The van der Waals surface area contributed by atoms with Crippen LogP contribution in [0.5, 0.6) is 0 Å². The molecule has 0 amide bonds. The number of pyridine rings is 2. The topological polar surface area (TPSA) is 63.2 Å². The predicted molar refractivity (Wildman–Crippen MR) is 105 cm³/mol. The number of nitrogens with zero attached hydrogens (tertiary/aromatic N) is 4. The van der Waals surface area contributed by atoms with Gasteiger partial charge in [-0.05, 0) is 43.2 Å². The lowest BCUT2D eigenvalue weighted by Gasteiger charge is -2.13. The first-order valence-electron chi connectivity index (χ1n) is 8.62. The minimum absolute atomic E-state index is 0.301. The molecule has 1 N–H and O–H groups in total. The number of nitrogens with one attached hydrogen (secondary N) is 1. The van der Waals surface area contributed by atoms with E-state index in [1.807, 2.05) is 43.5 Å². The fraction of sp³-hybridized carbons (Fsp3) is 0.316. The summed E-state index contributed by atoms with van der Waals surface area (Å²) in [4.78, 5) is 17.0. The second-order valence-electron chi connectivity index (χ2n) is 6.35. The van der Waals surface area contributed by atoms with E-state index in [0.29, 0.717) is 6.10 Å². The molecule has 3 aromatic heterocycles. The lowest BCUT2D eigenvalue weighted by molar-refractivity contribution is 0.121. The van der Waals surface area contributed by atoms with Gasteiger partial charge in [-0.3, -0.25) is 0 Å². The fourth-order valence-corrected chi connectivity index (χ4v) is 3.92. The number of hydrogen-bond acceptors (Lipinski definition) is 7. The largest absolute Gasteiger partial charge is 0.380 e. The summed E-state index contributed by atoms with van der Waals surface area (Å²) < 4.78 is 5.44. The number of rotatable bonds is 5. The third-order valence-corrected chi connectivity index (χ3v) is 5.50. The van der Waals surface area contributed by atoms with Crippen molar-refractivity contribution in [3.05, 3.63) is 48.3 Å². The predicted octanol–water partition coefficient (Wildman–Crippen LogP) is 3.88. The van der Waals surface area contributed by atoms with Gasteiger partial charge in [0.05, 0.1) is 16.7 Å². The average molecular weight is 367 g/mol. The number of hydrogen-bond donors (Lipinski definition) is 1. The van der Waals surface area contributed by atoms with Gasteiger partial charge in [0.2, 0.25) is 0 Å².